The Hall–Kier alpha value is -3.07. The van der Waals surface area contributed by atoms with Gasteiger partial charge in [0.2, 0.25) is 10.0 Å². The van der Waals surface area contributed by atoms with Crippen LogP contribution in [0.25, 0.3) is 21.8 Å². The Kier molecular flexibility index (Phi) is 6.36. The third kappa shape index (κ3) is 5.40. The summed E-state index contributed by atoms with van der Waals surface area (Å²) in [5, 5.41) is 16.1. The highest BCUT2D eigenvalue weighted by Gasteiger charge is 2.12. The van der Waals surface area contributed by atoms with Gasteiger partial charge in [-0.25, -0.2) is 8.42 Å². The lowest BCUT2D eigenvalue weighted by atomic mass is 10.1. The molecule has 8 heteroatoms. The number of aromatic amines is 1. The molecule has 0 saturated heterocycles. The molecule has 7 nitrogen and oxygen atoms in total. The first-order valence-electron chi connectivity index (χ1n) is 10.4. The van der Waals surface area contributed by atoms with E-state index in [2.05, 4.69) is 33.2 Å². The maximum absolute atomic E-state index is 11.4. The average molecular weight is 454 g/mol. The lowest BCUT2D eigenvalue weighted by Gasteiger charge is -2.18. The van der Waals surface area contributed by atoms with E-state index in [-0.39, 0.29) is 6.04 Å². The number of sulfonamides is 1. The Labute approximate surface area is 187 Å². The summed E-state index contributed by atoms with van der Waals surface area (Å²) in [5.74, 6) is 0.776. The molecule has 3 aromatic carbocycles. The number of ether oxygens (including phenoxy) is 1. The van der Waals surface area contributed by atoms with Crippen molar-refractivity contribution in [1.82, 2.24) is 10.3 Å². The van der Waals surface area contributed by atoms with Crippen LogP contribution in [-0.2, 0) is 10.0 Å². The normalized spacial score (nSPS) is 13.8. The Bertz CT molecular complexity index is 1330. The molecule has 0 radical (unpaired) electrons. The first kappa shape index (κ1) is 22.1. The van der Waals surface area contributed by atoms with E-state index in [1.807, 2.05) is 31.2 Å². The van der Waals surface area contributed by atoms with E-state index in [9.17, 15) is 13.5 Å². The number of rotatable bonds is 9. The number of fused-ring (bicyclic) bond motifs is 3. The summed E-state index contributed by atoms with van der Waals surface area (Å²) in [4.78, 5) is 3.41. The lowest BCUT2D eigenvalue weighted by molar-refractivity contribution is 0.164. The zero-order valence-electron chi connectivity index (χ0n) is 18.0. The highest BCUT2D eigenvalue weighted by molar-refractivity contribution is 7.92. The highest BCUT2D eigenvalue weighted by atomic mass is 32.2. The summed E-state index contributed by atoms with van der Waals surface area (Å²) in [6.45, 7) is 2.73. The van der Waals surface area contributed by atoms with Gasteiger partial charge in [-0.3, -0.25) is 4.72 Å². The van der Waals surface area contributed by atoms with Crippen molar-refractivity contribution in [2.24, 2.45) is 0 Å². The van der Waals surface area contributed by atoms with Crippen LogP contribution in [0.3, 0.4) is 0 Å². The van der Waals surface area contributed by atoms with Gasteiger partial charge in [0, 0.05) is 40.6 Å². The smallest absolute Gasteiger partial charge is 0.229 e. The first-order valence-corrected chi connectivity index (χ1v) is 12.3. The van der Waals surface area contributed by atoms with Gasteiger partial charge in [-0.1, -0.05) is 30.3 Å². The maximum Gasteiger partial charge on any atom is 0.229 e. The summed E-state index contributed by atoms with van der Waals surface area (Å²) in [5.41, 5.74) is 3.18. The third-order valence-corrected chi connectivity index (χ3v) is 5.82. The van der Waals surface area contributed by atoms with E-state index in [0.717, 1.165) is 28.4 Å². The Balaban J connectivity index is 1.32. The molecule has 1 heterocycles. The van der Waals surface area contributed by atoms with Crippen molar-refractivity contribution < 1.29 is 18.3 Å². The first-order chi connectivity index (χ1) is 15.3. The topological polar surface area (TPSA) is 103 Å². The van der Waals surface area contributed by atoms with E-state index in [0.29, 0.717) is 24.4 Å². The van der Waals surface area contributed by atoms with Crippen molar-refractivity contribution in [3.63, 3.8) is 0 Å². The maximum atomic E-state index is 11.4. The molecule has 0 bridgehead atoms. The van der Waals surface area contributed by atoms with Crippen LogP contribution in [0.15, 0.2) is 66.7 Å². The third-order valence-electron chi connectivity index (χ3n) is 5.21. The van der Waals surface area contributed by atoms with Crippen molar-refractivity contribution >= 4 is 37.5 Å². The van der Waals surface area contributed by atoms with Gasteiger partial charge in [0.25, 0.3) is 0 Å². The number of benzene rings is 3. The molecule has 0 spiro atoms. The number of hydrogen-bond acceptors (Lipinski definition) is 5. The molecular formula is C24H27N3O4S. The minimum atomic E-state index is -3.37. The molecule has 168 valence electrons. The molecule has 2 atom stereocenters. The number of para-hydroxylation sites is 1. The molecule has 2 unspecified atom stereocenters. The van der Waals surface area contributed by atoms with E-state index in [1.54, 1.807) is 24.3 Å². The van der Waals surface area contributed by atoms with E-state index in [1.165, 1.54) is 5.39 Å². The van der Waals surface area contributed by atoms with Crippen LogP contribution in [0.2, 0.25) is 0 Å². The fraction of sp³-hybridized carbons (Fsp3) is 0.250. The molecule has 0 amide bonds. The number of nitrogens with one attached hydrogen (secondary N) is 3. The van der Waals surface area contributed by atoms with Crippen molar-refractivity contribution in [2.45, 2.75) is 19.1 Å². The molecule has 0 fully saturated rings. The van der Waals surface area contributed by atoms with Gasteiger partial charge in [-0.2, -0.15) is 0 Å². The fourth-order valence-electron chi connectivity index (χ4n) is 3.66. The number of anilines is 1. The van der Waals surface area contributed by atoms with Crippen LogP contribution < -0.4 is 14.8 Å². The second-order valence-corrected chi connectivity index (χ2v) is 9.76. The fourth-order valence-corrected chi connectivity index (χ4v) is 4.21. The molecule has 4 rings (SSSR count). The summed E-state index contributed by atoms with van der Waals surface area (Å²) >= 11 is 0. The van der Waals surface area contributed by atoms with Crippen LogP contribution in [-0.4, -0.2) is 44.0 Å². The Morgan fingerprint density at radius 1 is 1.00 bits per heavy atom. The number of H-pyrrole nitrogens is 1. The van der Waals surface area contributed by atoms with E-state index < -0.39 is 16.1 Å². The summed E-state index contributed by atoms with van der Waals surface area (Å²) in [6.07, 6.45) is 0.316. The van der Waals surface area contributed by atoms with E-state index in [4.69, 9.17) is 4.74 Å². The molecule has 0 aliphatic rings. The van der Waals surface area contributed by atoms with Crippen molar-refractivity contribution in [3.8, 4) is 5.75 Å². The van der Waals surface area contributed by atoms with Gasteiger partial charge in [0.05, 0.1) is 17.9 Å². The molecule has 0 aliphatic carbocycles. The van der Waals surface area contributed by atoms with Gasteiger partial charge in [0.15, 0.2) is 0 Å². The monoisotopic (exact) mass is 453 g/mol. The van der Waals surface area contributed by atoms with Gasteiger partial charge in [-0.15, -0.1) is 0 Å². The van der Waals surface area contributed by atoms with Crippen molar-refractivity contribution in [3.05, 3.63) is 72.3 Å². The summed E-state index contributed by atoms with van der Waals surface area (Å²) in [6, 6.07) is 20.9. The molecule has 0 saturated carbocycles. The predicted octanol–water partition coefficient (Wildman–Crippen LogP) is 3.78. The Morgan fingerprint density at radius 3 is 2.59 bits per heavy atom. The van der Waals surface area contributed by atoms with Crippen molar-refractivity contribution in [2.75, 3.05) is 24.1 Å². The summed E-state index contributed by atoms with van der Waals surface area (Å²) in [7, 11) is -3.37. The van der Waals surface area contributed by atoms with Crippen LogP contribution in [0.1, 0.15) is 18.6 Å². The van der Waals surface area contributed by atoms with E-state index >= 15 is 0 Å². The number of hydrogen-bond donors (Lipinski definition) is 4. The number of aromatic nitrogens is 1. The molecule has 32 heavy (non-hydrogen) atoms. The standard InChI is InChI=1S/C24H27N3O4S/c1-16(25-14-24(28)17-6-5-7-18(12-17)27-32(2,29)30)15-31-19-10-11-21-20-8-3-4-9-22(20)26-23(21)13-19/h3-13,16,24-28H,14-15H2,1-2H3. The quantitative estimate of drug-likeness (QED) is 0.309. The van der Waals surface area contributed by atoms with Crippen LogP contribution in [0.5, 0.6) is 5.75 Å². The zero-order chi connectivity index (χ0) is 22.7. The molecule has 0 aliphatic heterocycles. The second-order valence-electron chi connectivity index (χ2n) is 8.01. The van der Waals surface area contributed by atoms with Gasteiger partial charge >= 0.3 is 0 Å². The Morgan fingerprint density at radius 2 is 1.78 bits per heavy atom. The SMILES string of the molecule is CC(COc1ccc2c(c1)[nH]c1ccccc12)NCC(O)c1cccc(NS(C)(=O)=O)c1. The zero-order valence-corrected chi connectivity index (χ0v) is 18.8. The molecule has 4 aromatic rings. The average Bonchev–Trinajstić information content (AvgIpc) is 3.13. The second kappa shape index (κ2) is 9.20. The van der Waals surface area contributed by atoms with Gasteiger partial charge < -0.3 is 20.1 Å². The summed E-state index contributed by atoms with van der Waals surface area (Å²) < 4.78 is 31.2. The molecule has 4 N–H and O–H groups in total. The number of aliphatic hydroxyl groups is 1. The minimum absolute atomic E-state index is 0.000359. The lowest BCUT2D eigenvalue weighted by Crippen LogP contribution is -2.34. The minimum Gasteiger partial charge on any atom is -0.492 e. The predicted molar refractivity (Wildman–Crippen MR) is 129 cm³/mol. The number of aliphatic hydroxyl groups excluding tert-OH is 1. The molecule has 1 aromatic heterocycles. The van der Waals surface area contributed by atoms with Gasteiger partial charge in [0.1, 0.15) is 12.4 Å². The van der Waals surface area contributed by atoms with Crippen LogP contribution >= 0.6 is 0 Å². The van der Waals surface area contributed by atoms with Gasteiger partial charge in [-0.05, 0) is 42.8 Å². The highest BCUT2D eigenvalue weighted by Crippen LogP contribution is 2.28. The van der Waals surface area contributed by atoms with Crippen LogP contribution in [0.4, 0.5) is 5.69 Å². The van der Waals surface area contributed by atoms with Crippen molar-refractivity contribution in [1.29, 1.82) is 0 Å². The molecular weight excluding hydrogens is 426 g/mol. The largest absolute Gasteiger partial charge is 0.492 e. The van der Waals surface area contributed by atoms with Crippen LogP contribution in [0, 0.1) is 0 Å².